The van der Waals surface area contributed by atoms with Gasteiger partial charge < -0.3 is 10.3 Å². The van der Waals surface area contributed by atoms with Crippen LogP contribution in [0.1, 0.15) is 22.3 Å². The molecule has 27 heavy (non-hydrogen) atoms. The monoisotopic (exact) mass is 356 g/mol. The van der Waals surface area contributed by atoms with Crippen LogP contribution < -0.4 is 5.73 Å². The molecule has 0 unspecified atom stereocenters. The summed E-state index contributed by atoms with van der Waals surface area (Å²) in [4.78, 5) is 21.0. The molecule has 0 saturated carbocycles. The summed E-state index contributed by atoms with van der Waals surface area (Å²) in [5.41, 5.74) is 9.61. The van der Waals surface area contributed by atoms with Crippen LogP contribution in [-0.4, -0.2) is 20.4 Å². The topological polar surface area (TPSA) is 73.8 Å². The Morgan fingerprint density at radius 1 is 0.963 bits per heavy atom. The molecule has 2 aromatic heterocycles. The lowest BCUT2D eigenvalue weighted by molar-refractivity contribution is 0.100. The Hall–Kier alpha value is -3.47. The molecule has 4 rings (SSSR count). The standard InChI is InChI=1S/C22H20N4O/c23-21(27)17-11-6-13-19-20(17)25-22(18-12-4-5-14-24-18)26(19)15-7-10-16-8-2-1-3-9-16/h1-6,8-9,11-14H,7,10,15H2,(H2,23,27). The van der Waals surface area contributed by atoms with Crippen LogP contribution in [0.5, 0.6) is 0 Å². The van der Waals surface area contributed by atoms with E-state index in [1.54, 1.807) is 12.3 Å². The van der Waals surface area contributed by atoms with Crippen LogP contribution in [-0.2, 0) is 13.0 Å². The van der Waals surface area contributed by atoms with E-state index in [0.717, 1.165) is 36.4 Å². The number of amides is 1. The minimum absolute atomic E-state index is 0.437. The highest BCUT2D eigenvalue weighted by Gasteiger charge is 2.17. The largest absolute Gasteiger partial charge is 0.366 e. The van der Waals surface area contributed by atoms with Gasteiger partial charge in [-0.15, -0.1) is 0 Å². The van der Waals surface area contributed by atoms with Crippen molar-refractivity contribution in [3.63, 3.8) is 0 Å². The van der Waals surface area contributed by atoms with Crippen LogP contribution in [0.4, 0.5) is 0 Å². The van der Waals surface area contributed by atoms with Gasteiger partial charge in [-0.05, 0) is 42.7 Å². The number of aryl methyl sites for hydroxylation is 2. The molecule has 0 spiro atoms. The fourth-order valence-electron chi connectivity index (χ4n) is 3.35. The lowest BCUT2D eigenvalue weighted by Crippen LogP contribution is -2.11. The van der Waals surface area contributed by atoms with Crippen molar-refractivity contribution < 1.29 is 4.79 Å². The van der Waals surface area contributed by atoms with E-state index in [2.05, 4.69) is 33.8 Å². The maximum Gasteiger partial charge on any atom is 0.250 e. The van der Waals surface area contributed by atoms with E-state index in [-0.39, 0.29) is 0 Å². The van der Waals surface area contributed by atoms with Gasteiger partial charge in [-0.25, -0.2) is 4.98 Å². The molecular formula is C22H20N4O. The molecule has 0 fully saturated rings. The summed E-state index contributed by atoms with van der Waals surface area (Å²) < 4.78 is 2.13. The zero-order chi connectivity index (χ0) is 18.6. The van der Waals surface area contributed by atoms with Gasteiger partial charge in [-0.3, -0.25) is 9.78 Å². The molecule has 0 aliphatic heterocycles. The minimum atomic E-state index is -0.470. The van der Waals surface area contributed by atoms with Crippen molar-refractivity contribution in [1.82, 2.24) is 14.5 Å². The van der Waals surface area contributed by atoms with Crippen LogP contribution in [0.2, 0.25) is 0 Å². The molecule has 0 bridgehead atoms. The van der Waals surface area contributed by atoms with Crippen molar-refractivity contribution in [2.45, 2.75) is 19.4 Å². The Labute approximate surface area is 157 Å². The fourth-order valence-corrected chi connectivity index (χ4v) is 3.35. The molecule has 0 aliphatic carbocycles. The van der Waals surface area contributed by atoms with E-state index in [1.165, 1.54) is 5.56 Å². The minimum Gasteiger partial charge on any atom is -0.366 e. The number of fused-ring (bicyclic) bond motifs is 1. The lowest BCUT2D eigenvalue weighted by atomic mass is 10.1. The van der Waals surface area contributed by atoms with Gasteiger partial charge in [0.25, 0.3) is 5.91 Å². The fraction of sp³-hybridized carbons (Fsp3) is 0.136. The molecule has 0 atom stereocenters. The summed E-state index contributed by atoms with van der Waals surface area (Å²) in [6, 6.07) is 21.7. The molecular weight excluding hydrogens is 336 g/mol. The predicted octanol–water partition coefficient (Wildman–Crippen LogP) is 3.83. The van der Waals surface area contributed by atoms with Gasteiger partial charge in [0.2, 0.25) is 0 Å². The summed E-state index contributed by atoms with van der Waals surface area (Å²) >= 11 is 0. The van der Waals surface area contributed by atoms with Crippen LogP contribution in [0.15, 0.2) is 72.9 Å². The van der Waals surface area contributed by atoms with Gasteiger partial charge in [-0.2, -0.15) is 0 Å². The molecule has 5 heteroatoms. The van der Waals surface area contributed by atoms with Crippen molar-refractivity contribution in [1.29, 1.82) is 0 Å². The SMILES string of the molecule is NC(=O)c1cccc2c1nc(-c1ccccn1)n2CCCc1ccccc1. The number of aromatic nitrogens is 3. The number of pyridine rings is 1. The van der Waals surface area contributed by atoms with E-state index in [1.807, 2.05) is 36.4 Å². The van der Waals surface area contributed by atoms with Gasteiger partial charge in [0, 0.05) is 12.7 Å². The van der Waals surface area contributed by atoms with Gasteiger partial charge in [0.05, 0.1) is 11.1 Å². The number of nitrogens with zero attached hydrogens (tertiary/aromatic N) is 3. The number of nitrogens with two attached hydrogens (primary N) is 1. The Balaban J connectivity index is 1.74. The molecule has 2 aromatic carbocycles. The number of para-hydroxylation sites is 1. The first-order valence-corrected chi connectivity index (χ1v) is 8.98. The molecule has 0 saturated heterocycles. The third kappa shape index (κ3) is 3.44. The maximum atomic E-state index is 11.8. The molecule has 0 radical (unpaired) electrons. The quantitative estimate of drug-likeness (QED) is 0.570. The van der Waals surface area contributed by atoms with Gasteiger partial charge >= 0.3 is 0 Å². The number of carbonyl (C=O) groups excluding carboxylic acids is 1. The average molecular weight is 356 g/mol. The number of imidazole rings is 1. The smallest absolute Gasteiger partial charge is 0.250 e. The number of benzene rings is 2. The highest BCUT2D eigenvalue weighted by Crippen LogP contribution is 2.26. The van der Waals surface area contributed by atoms with E-state index < -0.39 is 5.91 Å². The highest BCUT2D eigenvalue weighted by atomic mass is 16.1. The first-order valence-electron chi connectivity index (χ1n) is 8.98. The lowest BCUT2D eigenvalue weighted by Gasteiger charge is -2.09. The molecule has 4 aromatic rings. The number of hydrogen-bond acceptors (Lipinski definition) is 3. The number of primary amides is 1. The zero-order valence-electron chi connectivity index (χ0n) is 14.9. The van der Waals surface area contributed by atoms with E-state index in [9.17, 15) is 4.79 Å². The van der Waals surface area contributed by atoms with E-state index in [4.69, 9.17) is 10.7 Å². The van der Waals surface area contributed by atoms with Crippen molar-refractivity contribution in [2.75, 3.05) is 0 Å². The first kappa shape index (κ1) is 17.0. The van der Waals surface area contributed by atoms with Crippen LogP contribution in [0.3, 0.4) is 0 Å². The third-order valence-corrected chi connectivity index (χ3v) is 4.63. The van der Waals surface area contributed by atoms with Gasteiger partial charge in [0.1, 0.15) is 11.2 Å². The van der Waals surface area contributed by atoms with Crippen molar-refractivity contribution in [3.8, 4) is 11.5 Å². The summed E-state index contributed by atoms with van der Waals surface area (Å²) in [5, 5.41) is 0. The number of carbonyl (C=O) groups is 1. The average Bonchev–Trinajstić information content (AvgIpc) is 3.08. The van der Waals surface area contributed by atoms with Crippen molar-refractivity contribution in [3.05, 3.63) is 84.1 Å². The maximum absolute atomic E-state index is 11.8. The predicted molar refractivity (Wildman–Crippen MR) is 106 cm³/mol. The van der Waals surface area contributed by atoms with Crippen LogP contribution in [0.25, 0.3) is 22.6 Å². The molecule has 134 valence electrons. The van der Waals surface area contributed by atoms with Gasteiger partial charge in [0.15, 0.2) is 5.82 Å². The zero-order valence-corrected chi connectivity index (χ0v) is 14.9. The summed E-state index contributed by atoms with van der Waals surface area (Å²) in [5.74, 6) is 0.287. The Kier molecular flexibility index (Phi) is 4.66. The highest BCUT2D eigenvalue weighted by molar-refractivity contribution is 6.04. The molecule has 2 heterocycles. The first-order chi connectivity index (χ1) is 13.2. The number of hydrogen-bond donors (Lipinski definition) is 1. The van der Waals surface area contributed by atoms with Gasteiger partial charge in [-0.1, -0.05) is 42.5 Å². The van der Waals surface area contributed by atoms with Crippen molar-refractivity contribution in [2.24, 2.45) is 5.73 Å². The molecule has 1 amide bonds. The third-order valence-electron chi connectivity index (χ3n) is 4.63. The molecule has 0 aliphatic rings. The Bertz CT molecular complexity index is 1070. The summed E-state index contributed by atoms with van der Waals surface area (Å²) in [6.45, 7) is 0.777. The molecule has 2 N–H and O–H groups in total. The Morgan fingerprint density at radius 3 is 2.52 bits per heavy atom. The second-order valence-electron chi connectivity index (χ2n) is 6.43. The van der Waals surface area contributed by atoms with Crippen LogP contribution >= 0.6 is 0 Å². The number of rotatable bonds is 6. The van der Waals surface area contributed by atoms with E-state index >= 15 is 0 Å². The molecule has 5 nitrogen and oxygen atoms in total. The van der Waals surface area contributed by atoms with Crippen molar-refractivity contribution >= 4 is 16.9 Å². The Morgan fingerprint density at radius 2 is 1.78 bits per heavy atom. The summed E-state index contributed by atoms with van der Waals surface area (Å²) in [6.07, 6.45) is 3.67. The van der Waals surface area contributed by atoms with Crippen LogP contribution in [0, 0.1) is 0 Å². The normalized spacial score (nSPS) is 11.0. The second kappa shape index (κ2) is 7.41. The summed E-state index contributed by atoms with van der Waals surface area (Å²) in [7, 11) is 0. The van der Waals surface area contributed by atoms with E-state index in [0.29, 0.717) is 11.1 Å². The second-order valence-corrected chi connectivity index (χ2v) is 6.43.